The van der Waals surface area contributed by atoms with Crippen molar-refractivity contribution in [2.24, 2.45) is 0 Å². The molecule has 168 valence electrons. The molecule has 0 spiro atoms. The van der Waals surface area contributed by atoms with Crippen molar-refractivity contribution in [3.8, 4) is 11.5 Å². The van der Waals surface area contributed by atoms with Gasteiger partial charge in [0.25, 0.3) is 10.0 Å². The van der Waals surface area contributed by atoms with Crippen molar-refractivity contribution < 1.29 is 27.4 Å². The second-order valence-corrected chi connectivity index (χ2v) is 8.89. The molecule has 0 aromatic heterocycles. The lowest BCUT2D eigenvalue weighted by Gasteiger charge is -2.21. The number of benzene rings is 3. The first-order valence-electron chi connectivity index (χ1n) is 9.92. The molecule has 0 aliphatic heterocycles. The van der Waals surface area contributed by atoms with E-state index in [4.69, 9.17) is 14.2 Å². The van der Waals surface area contributed by atoms with E-state index >= 15 is 0 Å². The third-order valence-electron chi connectivity index (χ3n) is 4.84. The molecule has 7 nitrogen and oxygen atoms in total. The lowest BCUT2D eigenvalue weighted by molar-refractivity contribution is 0.0450. The third kappa shape index (κ3) is 5.20. The molecule has 0 radical (unpaired) electrons. The Bertz CT molecular complexity index is 1180. The van der Waals surface area contributed by atoms with E-state index in [2.05, 4.69) is 0 Å². The van der Waals surface area contributed by atoms with Gasteiger partial charge in [-0.3, -0.25) is 4.31 Å². The number of sulfonamides is 1. The Morgan fingerprint density at radius 3 is 2.16 bits per heavy atom. The topological polar surface area (TPSA) is 82.1 Å². The summed E-state index contributed by atoms with van der Waals surface area (Å²) in [5.74, 6) is 0.615. The van der Waals surface area contributed by atoms with E-state index in [-0.39, 0.29) is 23.7 Å². The highest BCUT2D eigenvalue weighted by Gasteiger charge is 2.24. The van der Waals surface area contributed by atoms with E-state index < -0.39 is 16.0 Å². The Morgan fingerprint density at radius 1 is 0.875 bits per heavy atom. The van der Waals surface area contributed by atoms with Gasteiger partial charge in [0.2, 0.25) is 0 Å². The maximum Gasteiger partial charge on any atom is 0.338 e. The van der Waals surface area contributed by atoms with Crippen molar-refractivity contribution in [3.05, 3.63) is 83.9 Å². The second kappa shape index (κ2) is 10.2. The lowest BCUT2D eigenvalue weighted by Crippen LogP contribution is -2.27. The van der Waals surface area contributed by atoms with Gasteiger partial charge in [-0.2, -0.15) is 0 Å². The molecule has 3 rings (SSSR count). The standard InChI is InChI=1S/C24H25NO6S/c1-18-8-4-6-10-22(18)30-16-17-31-24(26)19-12-14-20(15-13-19)32(27,28)25(2)21-9-5-7-11-23(21)29-3/h4-15H,16-17H2,1-3H3. The minimum atomic E-state index is -3.84. The minimum absolute atomic E-state index is 0.0466. The number of nitrogens with zero attached hydrogens (tertiary/aromatic N) is 1. The number of anilines is 1. The Hall–Kier alpha value is -3.52. The average Bonchev–Trinajstić information content (AvgIpc) is 2.82. The number of rotatable bonds is 9. The first kappa shape index (κ1) is 23.1. The van der Waals surface area contributed by atoms with E-state index in [0.717, 1.165) is 15.6 Å². The van der Waals surface area contributed by atoms with Crippen molar-refractivity contribution in [3.63, 3.8) is 0 Å². The third-order valence-corrected chi connectivity index (χ3v) is 6.63. The number of hydrogen-bond donors (Lipinski definition) is 0. The van der Waals surface area contributed by atoms with Crippen LogP contribution in [0.1, 0.15) is 15.9 Å². The van der Waals surface area contributed by atoms with E-state index in [1.165, 1.54) is 38.4 Å². The largest absolute Gasteiger partial charge is 0.495 e. The fraction of sp³-hybridized carbons (Fsp3) is 0.208. The van der Waals surface area contributed by atoms with Crippen LogP contribution < -0.4 is 13.8 Å². The van der Waals surface area contributed by atoms with Crippen LogP contribution in [0.5, 0.6) is 11.5 Å². The molecule has 0 heterocycles. The number of hydrogen-bond acceptors (Lipinski definition) is 6. The van der Waals surface area contributed by atoms with Gasteiger partial charge in [-0.25, -0.2) is 13.2 Å². The zero-order chi connectivity index (χ0) is 23.1. The summed E-state index contributed by atoms with van der Waals surface area (Å²) in [6.45, 7) is 2.22. The van der Waals surface area contributed by atoms with Gasteiger partial charge in [0, 0.05) is 7.05 Å². The highest BCUT2D eigenvalue weighted by atomic mass is 32.2. The van der Waals surface area contributed by atoms with Gasteiger partial charge in [0.15, 0.2) is 0 Å². The Kier molecular flexibility index (Phi) is 7.37. The average molecular weight is 456 g/mol. The van der Waals surface area contributed by atoms with Gasteiger partial charge in [0.05, 0.1) is 23.3 Å². The van der Waals surface area contributed by atoms with E-state index in [1.807, 2.05) is 31.2 Å². The zero-order valence-electron chi connectivity index (χ0n) is 18.1. The summed E-state index contributed by atoms with van der Waals surface area (Å²) < 4.78 is 43.2. The van der Waals surface area contributed by atoms with E-state index in [0.29, 0.717) is 11.4 Å². The van der Waals surface area contributed by atoms with Gasteiger partial charge >= 0.3 is 5.97 Å². The van der Waals surface area contributed by atoms with Gasteiger partial charge in [0.1, 0.15) is 24.7 Å². The summed E-state index contributed by atoms with van der Waals surface area (Å²) in [5.41, 5.74) is 1.65. The first-order chi connectivity index (χ1) is 15.3. The van der Waals surface area contributed by atoms with Gasteiger partial charge < -0.3 is 14.2 Å². The maximum absolute atomic E-state index is 13.0. The quantitative estimate of drug-likeness (QED) is 0.357. The van der Waals surface area contributed by atoms with Gasteiger partial charge in [-0.15, -0.1) is 0 Å². The monoisotopic (exact) mass is 455 g/mol. The molecule has 0 fully saturated rings. The molecule has 0 saturated heterocycles. The molecule has 0 N–H and O–H groups in total. The van der Waals surface area contributed by atoms with Crippen LogP contribution in [0.4, 0.5) is 5.69 Å². The Balaban J connectivity index is 1.62. The van der Waals surface area contributed by atoms with Crippen LogP contribution in [0.2, 0.25) is 0 Å². The summed E-state index contributed by atoms with van der Waals surface area (Å²) in [6, 6.07) is 20.0. The summed E-state index contributed by atoms with van der Waals surface area (Å²) in [7, 11) is -0.915. The number of esters is 1. The molecule has 3 aromatic rings. The molecule has 0 aliphatic rings. The molecule has 32 heavy (non-hydrogen) atoms. The molecule has 0 unspecified atom stereocenters. The molecule has 0 aliphatic carbocycles. The molecule has 0 saturated carbocycles. The fourth-order valence-electron chi connectivity index (χ4n) is 3.03. The highest BCUT2D eigenvalue weighted by molar-refractivity contribution is 7.92. The second-order valence-electron chi connectivity index (χ2n) is 6.92. The summed E-state index contributed by atoms with van der Waals surface area (Å²) in [6.07, 6.45) is 0. The van der Waals surface area contributed by atoms with Crippen LogP contribution in [0.3, 0.4) is 0 Å². The number of para-hydroxylation sites is 3. The predicted octanol–water partition coefficient (Wildman–Crippen LogP) is 4.06. The Morgan fingerprint density at radius 2 is 1.50 bits per heavy atom. The van der Waals surface area contributed by atoms with Gasteiger partial charge in [-0.1, -0.05) is 30.3 Å². The summed E-state index contributed by atoms with van der Waals surface area (Å²) in [4.78, 5) is 12.3. The normalized spacial score (nSPS) is 11.0. The maximum atomic E-state index is 13.0. The van der Waals surface area contributed by atoms with Crippen molar-refractivity contribution in [1.29, 1.82) is 0 Å². The number of carbonyl (C=O) groups excluding carboxylic acids is 1. The molecule has 3 aromatic carbocycles. The van der Waals surface area contributed by atoms with Crippen LogP contribution in [0.25, 0.3) is 0 Å². The number of ether oxygens (including phenoxy) is 3. The van der Waals surface area contributed by atoms with E-state index in [1.54, 1.807) is 24.3 Å². The van der Waals surface area contributed by atoms with Crippen molar-refractivity contribution >= 4 is 21.7 Å². The van der Waals surface area contributed by atoms with Crippen molar-refractivity contribution in [1.82, 2.24) is 0 Å². The smallest absolute Gasteiger partial charge is 0.338 e. The molecule has 8 heteroatoms. The number of aryl methyl sites for hydroxylation is 1. The SMILES string of the molecule is COc1ccccc1N(C)S(=O)(=O)c1ccc(C(=O)OCCOc2ccccc2C)cc1. The van der Waals surface area contributed by atoms with Crippen LogP contribution in [-0.4, -0.2) is 41.8 Å². The zero-order valence-corrected chi connectivity index (χ0v) is 19.0. The Labute approximate surface area is 188 Å². The van der Waals surface area contributed by atoms with Crippen LogP contribution in [0, 0.1) is 6.92 Å². The van der Waals surface area contributed by atoms with Gasteiger partial charge in [-0.05, 0) is 55.0 Å². The molecular weight excluding hydrogens is 430 g/mol. The minimum Gasteiger partial charge on any atom is -0.495 e. The van der Waals surface area contributed by atoms with E-state index in [9.17, 15) is 13.2 Å². The number of carbonyl (C=O) groups is 1. The molecule has 0 bridgehead atoms. The predicted molar refractivity (Wildman–Crippen MR) is 122 cm³/mol. The molecule has 0 amide bonds. The first-order valence-corrected chi connectivity index (χ1v) is 11.4. The van der Waals surface area contributed by atoms with Crippen molar-refractivity contribution in [2.45, 2.75) is 11.8 Å². The van der Waals surface area contributed by atoms with Crippen LogP contribution >= 0.6 is 0 Å². The molecule has 0 atom stereocenters. The fourth-order valence-corrected chi connectivity index (χ4v) is 4.23. The van der Waals surface area contributed by atoms with Crippen LogP contribution in [0.15, 0.2) is 77.7 Å². The summed E-state index contributed by atoms with van der Waals surface area (Å²) in [5, 5.41) is 0. The highest BCUT2D eigenvalue weighted by Crippen LogP contribution is 2.30. The molecular formula is C24H25NO6S. The van der Waals surface area contributed by atoms with Crippen molar-refractivity contribution in [2.75, 3.05) is 31.7 Å². The summed E-state index contributed by atoms with van der Waals surface area (Å²) >= 11 is 0. The lowest BCUT2D eigenvalue weighted by atomic mass is 10.2. The number of methoxy groups -OCH3 is 1. The van der Waals surface area contributed by atoms with Crippen LogP contribution in [-0.2, 0) is 14.8 Å².